The molecule has 0 aromatic rings. The minimum absolute atomic E-state index is 0.287. The lowest BCUT2D eigenvalue weighted by Crippen LogP contribution is -2.69. The Bertz CT molecular complexity index is 425. The number of piperazine rings is 1. The van der Waals surface area contributed by atoms with Crippen LogP contribution < -0.4 is 0 Å². The highest BCUT2D eigenvalue weighted by atomic mass is 19.4. The van der Waals surface area contributed by atoms with Gasteiger partial charge in [0, 0.05) is 26.2 Å². The quantitative estimate of drug-likeness (QED) is 0.444. The number of carbonyl (C=O) groups excluding carboxylic acids is 1. The molecule has 13 heteroatoms. The molecule has 22 heavy (non-hydrogen) atoms. The second-order valence-electron chi connectivity index (χ2n) is 4.41. The first kappa shape index (κ1) is 18.9. The number of hydrogen-bond donors (Lipinski definition) is 0. The van der Waals surface area contributed by atoms with Crippen LogP contribution in [0.15, 0.2) is 0 Å². The van der Waals surface area contributed by atoms with Crippen LogP contribution in [0.25, 0.3) is 0 Å². The maximum Gasteiger partial charge on any atom is 0.460 e. The van der Waals surface area contributed by atoms with Gasteiger partial charge in [-0.25, -0.2) is 14.2 Å². The van der Waals surface area contributed by atoms with Crippen molar-refractivity contribution in [1.82, 2.24) is 9.80 Å². The second-order valence-corrected chi connectivity index (χ2v) is 4.41. The molecule has 1 rings (SSSR count). The normalized spacial score (nSPS) is 22.5. The average Bonchev–Trinajstić information content (AvgIpc) is 2.35. The van der Waals surface area contributed by atoms with Crippen LogP contribution in [0.2, 0.25) is 0 Å². The highest BCUT2D eigenvalue weighted by molar-refractivity contribution is 5.80. The van der Waals surface area contributed by atoms with Crippen molar-refractivity contribution >= 4 is 6.04 Å². The van der Waals surface area contributed by atoms with Crippen LogP contribution in [-0.2, 0) is 4.79 Å². The summed E-state index contributed by atoms with van der Waals surface area (Å²) < 4.78 is 127. The zero-order chi connectivity index (χ0) is 17.6. The first-order chi connectivity index (χ1) is 9.65. The smallest absolute Gasteiger partial charge is 0.257 e. The monoisotopic (exact) mass is 350 g/mol. The van der Waals surface area contributed by atoms with Gasteiger partial charge in [0.05, 0.1) is 0 Å². The molecule has 1 atom stereocenters. The predicted molar refractivity (Wildman–Crippen MR) is 50.2 cm³/mol. The van der Waals surface area contributed by atoms with Crippen LogP contribution in [0.3, 0.4) is 0 Å². The molecule has 1 aliphatic rings. The Morgan fingerprint density at radius 2 is 1.09 bits per heavy atom. The van der Waals surface area contributed by atoms with Crippen molar-refractivity contribution in [3.8, 4) is 0 Å². The van der Waals surface area contributed by atoms with E-state index < -0.39 is 61.3 Å². The van der Waals surface area contributed by atoms with E-state index in [0.717, 1.165) is 0 Å². The molecule has 1 unspecified atom stereocenters. The van der Waals surface area contributed by atoms with Crippen LogP contribution in [0.4, 0.5) is 43.9 Å². The van der Waals surface area contributed by atoms with Crippen LogP contribution >= 0.6 is 0 Å². The maximum atomic E-state index is 13.6. The number of halogens is 10. The molecule has 130 valence electrons. The van der Waals surface area contributed by atoms with Crippen LogP contribution in [-0.4, -0.2) is 66.2 Å². The van der Waals surface area contributed by atoms with Gasteiger partial charge in [0.25, 0.3) is 0 Å². The summed E-state index contributed by atoms with van der Waals surface area (Å²) in [5.74, 6) is 0. The van der Waals surface area contributed by atoms with E-state index in [9.17, 15) is 48.7 Å². The van der Waals surface area contributed by atoms with E-state index in [4.69, 9.17) is 0 Å². The molecule has 0 aliphatic carbocycles. The van der Waals surface area contributed by atoms with E-state index in [0.29, 0.717) is 0 Å². The third-order valence-electron chi connectivity index (χ3n) is 3.11. The van der Waals surface area contributed by atoms with Gasteiger partial charge in [-0.3, -0.25) is 4.79 Å². The Kier molecular flexibility index (Phi) is 4.74. The summed E-state index contributed by atoms with van der Waals surface area (Å²) in [5, 5.41) is 0. The van der Waals surface area contributed by atoms with Gasteiger partial charge >= 0.3 is 30.2 Å². The van der Waals surface area contributed by atoms with E-state index >= 15 is 0 Å². The van der Waals surface area contributed by atoms with Gasteiger partial charge < -0.3 is 0 Å². The Labute approximate surface area is 116 Å². The Hall–Kier alpha value is -1.11. The van der Waals surface area contributed by atoms with E-state index in [-0.39, 0.29) is 4.90 Å². The van der Waals surface area contributed by atoms with Crippen LogP contribution in [0.1, 0.15) is 0 Å². The predicted octanol–water partition coefficient (Wildman–Crippen LogP) is 2.48. The Morgan fingerprint density at radius 1 is 0.727 bits per heavy atom. The minimum Gasteiger partial charge on any atom is -0.257 e. The molecule has 0 bridgehead atoms. The average molecular weight is 350 g/mol. The fourth-order valence-electron chi connectivity index (χ4n) is 1.86. The lowest BCUT2D eigenvalue weighted by molar-refractivity contribution is -0.338. The Morgan fingerprint density at radius 3 is 1.36 bits per heavy atom. The summed E-state index contributed by atoms with van der Waals surface area (Å²) in [7, 11) is 0. The standard InChI is InChI=1S/C9H8F10N2O/c10-5(22)6(11,7(12,13)14)8(15,16)20-1-3-21(4-2-20)9(17,18)19/h1-4H2. The number of nitrogens with zero attached hydrogens (tertiary/aromatic N) is 2. The van der Waals surface area contributed by atoms with Gasteiger partial charge in [-0.2, -0.15) is 39.5 Å². The van der Waals surface area contributed by atoms with E-state index in [2.05, 4.69) is 0 Å². The molecular formula is C9H8F10N2O. The molecule has 0 aromatic heterocycles. The van der Waals surface area contributed by atoms with E-state index in [1.165, 1.54) is 0 Å². The van der Waals surface area contributed by atoms with Crippen molar-refractivity contribution in [1.29, 1.82) is 0 Å². The summed E-state index contributed by atoms with van der Waals surface area (Å²) in [6, 6.07) is -9.65. The lowest BCUT2D eigenvalue weighted by Gasteiger charge is -2.42. The SMILES string of the molecule is O=C(F)C(F)(C(F)(F)F)C(F)(F)N1CCN(C(F)(F)F)CC1. The number of carbonyl (C=O) groups is 1. The Balaban J connectivity index is 3.03. The highest BCUT2D eigenvalue weighted by Crippen LogP contribution is 2.48. The lowest BCUT2D eigenvalue weighted by atomic mass is 10.0. The van der Waals surface area contributed by atoms with Crippen LogP contribution in [0, 0.1) is 0 Å². The third-order valence-corrected chi connectivity index (χ3v) is 3.11. The molecular weight excluding hydrogens is 342 g/mol. The molecule has 1 aliphatic heterocycles. The fraction of sp³-hybridized carbons (Fsp3) is 0.889. The molecule has 0 radical (unpaired) electrons. The summed E-state index contributed by atoms with van der Waals surface area (Å²) >= 11 is 0. The molecule has 0 spiro atoms. The molecule has 0 saturated carbocycles. The van der Waals surface area contributed by atoms with Gasteiger partial charge in [-0.05, 0) is 0 Å². The molecule has 1 heterocycles. The fourth-order valence-corrected chi connectivity index (χ4v) is 1.86. The zero-order valence-electron chi connectivity index (χ0n) is 10.4. The number of rotatable bonds is 3. The molecule has 0 amide bonds. The van der Waals surface area contributed by atoms with Gasteiger partial charge in [0.1, 0.15) is 0 Å². The third kappa shape index (κ3) is 3.00. The first-order valence-electron chi connectivity index (χ1n) is 5.56. The van der Waals surface area contributed by atoms with Crippen molar-refractivity contribution in [2.75, 3.05) is 26.2 Å². The van der Waals surface area contributed by atoms with Crippen LogP contribution in [0.5, 0.6) is 0 Å². The topological polar surface area (TPSA) is 23.6 Å². The van der Waals surface area contributed by atoms with Crippen molar-refractivity contribution in [3.05, 3.63) is 0 Å². The zero-order valence-corrected chi connectivity index (χ0v) is 10.4. The summed E-state index contributed by atoms with van der Waals surface area (Å²) in [6.07, 6.45) is -11.5. The van der Waals surface area contributed by atoms with Crippen molar-refractivity contribution < 1.29 is 48.7 Å². The molecule has 0 aromatic carbocycles. The molecule has 1 saturated heterocycles. The molecule has 0 N–H and O–H groups in total. The van der Waals surface area contributed by atoms with Gasteiger partial charge in [0.15, 0.2) is 0 Å². The highest BCUT2D eigenvalue weighted by Gasteiger charge is 2.78. The van der Waals surface area contributed by atoms with E-state index in [1.54, 1.807) is 0 Å². The first-order valence-corrected chi connectivity index (χ1v) is 5.56. The largest absolute Gasteiger partial charge is 0.460 e. The molecule has 1 fully saturated rings. The van der Waals surface area contributed by atoms with Gasteiger partial charge in [0.2, 0.25) is 0 Å². The number of hydrogen-bond acceptors (Lipinski definition) is 3. The van der Waals surface area contributed by atoms with Crippen molar-refractivity contribution in [3.63, 3.8) is 0 Å². The van der Waals surface area contributed by atoms with E-state index in [1.807, 2.05) is 0 Å². The van der Waals surface area contributed by atoms with Gasteiger partial charge in [-0.15, -0.1) is 0 Å². The van der Waals surface area contributed by atoms with Crippen molar-refractivity contribution in [2.24, 2.45) is 0 Å². The number of alkyl halides is 9. The maximum absolute atomic E-state index is 13.6. The van der Waals surface area contributed by atoms with Gasteiger partial charge in [-0.1, -0.05) is 0 Å². The summed E-state index contributed by atoms with van der Waals surface area (Å²) in [5.41, 5.74) is -6.15. The van der Waals surface area contributed by atoms with Crippen molar-refractivity contribution in [2.45, 2.75) is 24.2 Å². The minimum atomic E-state index is -6.58. The molecule has 3 nitrogen and oxygen atoms in total. The summed E-state index contributed by atoms with van der Waals surface area (Å²) in [6.45, 7) is -5.07. The summed E-state index contributed by atoms with van der Waals surface area (Å²) in [4.78, 5) is 9.24. The second kappa shape index (κ2) is 5.51.